The molecule has 2 heterocycles. The fourth-order valence-electron chi connectivity index (χ4n) is 1.59. The molecule has 0 bridgehead atoms. The fraction of sp³-hybridized carbons (Fsp3) is 0.600. The molecule has 0 saturated heterocycles. The maximum atomic E-state index is 10.1. The van der Waals surface area contributed by atoms with Crippen LogP contribution in [-0.4, -0.2) is 21.3 Å². The Morgan fingerprint density at radius 2 is 2.53 bits per heavy atom. The number of rotatable bonds is 4. The van der Waals surface area contributed by atoms with Crippen LogP contribution >= 0.6 is 11.5 Å². The molecule has 15 heavy (non-hydrogen) atoms. The van der Waals surface area contributed by atoms with E-state index in [1.165, 1.54) is 11.5 Å². The molecule has 0 radical (unpaired) electrons. The number of hydrogen-bond donors (Lipinski definition) is 1. The second kappa shape index (κ2) is 4.72. The van der Waals surface area contributed by atoms with Crippen molar-refractivity contribution in [2.24, 2.45) is 0 Å². The SMILES string of the molecule is CCCc1nnsc1C(O)C1=CCCO1. The van der Waals surface area contributed by atoms with Gasteiger partial charge in [0.15, 0.2) is 0 Å². The van der Waals surface area contributed by atoms with E-state index in [0.29, 0.717) is 12.4 Å². The van der Waals surface area contributed by atoms with E-state index in [-0.39, 0.29) is 0 Å². The largest absolute Gasteiger partial charge is 0.495 e. The molecule has 4 nitrogen and oxygen atoms in total. The molecule has 1 atom stereocenters. The van der Waals surface area contributed by atoms with E-state index in [9.17, 15) is 5.11 Å². The van der Waals surface area contributed by atoms with Gasteiger partial charge in [0.05, 0.1) is 17.2 Å². The summed E-state index contributed by atoms with van der Waals surface area (Å²) in [5.41, 5.74) is 0.895. The van der Waals surface area contributed by atoms with Gasteiger partial charge < -0.3 is 9.84 Å². The van der Waals surface area contributed by atoms with Crippen molar-refractivity contribution in [2.45, 2.75) is 32.3 Å². The summed E-state index contributed by atoms with van der Waals surface area (Å²) >= 11 is 1.25. The van der Waals surface area contributed by atoms with Crippen LogP contribution in [0, 0.1) is 0 Å². The third-order valence-corrected chi connectivity index (χ3v) is 3.14. The van der Waals surface area contributed by atoms with Gasteiger partial charge in [-0.1, -0.05) is 17.8 Å². The molecule has 2 rings (SSSR count). The molecule has 1 aromatic heterocycles. The minimum absolute atomic E-state index is 0.651. The summed E-state index contributed by atoms with van der Waals surface area (Å²) in [7, 11) is 0. The molecule has 0 aliphatic carbocycles. The van der Waals surface area contributed by atoms with E-state index in [4.69, 9.17) is 4.74 Å². The highest BCUT2D eigenvalue weighted by Crippen LogP contribution is 2.30. The van der Waals surface area contributed by atoms with Crippen molar-refractivity contribution in [3.63, 3.8) is 0 Å². The van der Waals surface area contributed by atoms with Gasteiger partial charge in [-0.15, -0.1) is 5.10 Å². The van der Waals surface area contributed by atoms with Crippen LogP contribution in [0.15, 0.2) is 11.8 Å². The van der Waals surface area contributed by atoms with Crippen LogP contribution in [0.1, 0.15) is 36.4 Å². The zero-order valence-corrected chi connectivity index (χ0v) is 9.46. The van der Waals surface area contributed by atoms with Crippen LogP contribution in [0.4, 0.5) is 0 Å². The molecule has 0 spiro atoms. The van der Waals surface area contributed by atoms with Crippen LogP contribution < -0.4 is 0 Å². The summed E-state index contributed by atoms with van der Waals surface area (Å²) in [6, 6.07) is 0. The average Bonchev–Trinajstić information content (AvgIpc) is 2.87. The molecule has 1 aliphatic rings. The lowest BCUT2D eigenvalue weighted by Crippen LogP contribution is -2.03. The summed E-state index contributed by atoms with van der Waals surface area (Å²) in [4.78, 5) is 0.824. The Kier molecular flexibility index (Phi) is 3.33. The first-order valence-electron chi connectivity index (χ1n) is 5.15. The summed E-state index contributed by atoms with van der Waals surface area (Å²) in [6.45, 7) is 2.75. The second-order valence-electron chi connectivity index (χ2n) is 3.48. The smallest absolute Gasteiger partial charge is 0.148 e. The van der Waals surface area contributed by atoms with Crippen molar-refractivity contribution in [1.82, 2.24) is 9.59 Å². The van der Waals surface area contributed by atoms with Crippen molar-refractivity contribution in [1.29, 1.82) is 0 Å². The van der Waals surface area contributed by atoms with Gasteiger partial charge in [-0.05, 0) is 24.0 Å². The molecule has 5 heteroatoms. The van der Waals surface area contributed by atoms with E-state index in [2.05, 4.69) is 16.5 Å². The van der Waals surface area contributed by atoms with Crippen molar-refractivity contribution < 1.29 is 9.84 Å². The number of ether oxygens (including phenoxy) is 1. The standard InChI is InChI=1S/C10H14N2O2S/c1-2-4-7-10(15-12-11-7)9(13)8-5-3-6-14-8/h5,9,13H,2-4,6H2,1H3. The minimum atomic E-state index is -0.672. The average molecular weight is 226 g/mol. The first kappa shape index (κ1) is 10.6. The van der Waals surface area contributed by atoms with Crippen molar-refractivity contribution >= 4 is 11.5 Å². The van der Waals surface area contributed by atoms with E-state index < -0.39 is 6.10 Å². The lowest BCUT2D eigenvalue weighted by molar-refractivity contribution is 0.120. The third kappa shape index (κ3) is 2.18. The molecule has 1 unspecified atom stereocenters. The predicted octanol–water partition coefficient (Wildman–Crippen LogP) is 1.83. The molecule has 0 aromatic carbocycles. The number of hydrogen-bond acceptors (Lipinski definition) is 5. The minimum Gasteiger partial charge on any atom is -0.495 e. The molecule has 1 aliphatic heterocycles. The number of aliphatic hydroxyl groups excluding tert-OH is 1. The van der Waals surface area contributed by atoms with Gasteiger partial charge in [0.2, 0.25) is 0 Å². The predicted molar refractivity (Wildman–Crippen MR) is 57.5 cm³/mol. The van der Waals surface area contributed by atoms with Crippen molar-refractivity contribution in [2.75, 3.05) is 6.61 Å². The molecular formula is C10H14N2O2S. The monoisotopic (exact) mass is 226 g/mol. The van der Waals surface area contributed by atoms with Crippen molar-refractivity contribution in [3.05, 3.63) is 22.4 Å². The zero-order valence-electron chi connectivity index (χ0n) is 8.64. The van der Waals surface area contributed by atoms with E-state index in [1.54, 1.807) is 0 Å². The second-order valence-corrected chi connectivity index (χ2v) is 4.27. The van der Waals surface area contributed by atoms with Gasteiger partial charge >= 0.3 is 0 Å². The summed E-state index contributed by atoms with van der Waals surface area (Å²) in [6.07, 6.45) is 4.00. The Labute approximate surface area is 92.8 Å². The summed E-state index contributed by atoms with van der Waals surface area (Å²) in [5, 5.41) is 14.1. The third-order valence-electron chi connectivity index (χ3n) is 2.32. The maximum Gasteiger partial charge on any atom is 0.148 e. The van der Waals surface area contributed by atoms with Gasteiger partial charge in [-0.25, -0.2) is 0 Å². The van der Waals surface area contributed by atoms with Gasteiger partial charge in [-0.3, -0.25) is 0 Å². The lowest BCUT2D eigenvalue weighted by Gasteiger charge is -2.10. The Balaban J connectivity index is 2.16. The quantitative estimate of drug-likeness (QED) is 0.851. The number of aromatic nitrogens is 2. The lowest BCUT2D eigenvalue weighted by atomic mass is 10.1. The first-order chi connectivity index (χ1) is 7.33. The number of aliphatic hydroxyl groups is 1. The molecule has 1 N–H and O–H groups in total. The molecule has 0 fully saturated rings. The summed E-state index contributed by atoms with van der Waals surface area (Å²) in [5.74, 6) is 0.651. The fourth-order valence-corrected chi connectivity index (χ4v) is 2.28. The Hall–Kier alpha value is -0.940. The van der Waals surface area contributed by atoms with Crippen LogP contribution in [0.5, 0.6) is 0 Å². The first-order valence-corrected chi connectivity index (χ1v) is 5.92. The Bertz CT molecular complexity index is 362. The van der Waals surface area contributed by atoms with Crippen LogP contribution in [0.3, 0.4) is 0 Å². The normalized spacial score (nSPS) is 17.3. The van der Waals surface area contributed by atoms with Gasteiger partial charge in [-0.2, -0.15) is 0 Å². The van der Waals surface area contributed by atoms with Crippen LogP contribution in [0.2, 0.25) is 0 Å². The van der Waals surface area contributed by atoms with Gasteiger partial charge in [0.1, 0.15) is 11.9 Å². The molecule has 82 valence electrons. The Morgan fingerprint density at radius 3 is 3.20 bits per heavy atom. The molecule has 0 saturated carbocycles. The summed E-state index contributed by atoms with van der Waals surface area (Å²) < 4.78 is 9.22. The molecule has 0 amide bonds. The molecule has 1 aromatic rings. The molecular weight excluding hydrogens is 212 g/mol. The van der Waals surface area contributed by atoms with Crippen LogP contribution in [0.25, 0.3) is 0 Å². The highest BCUT2D eigenvalue weighted by atomic mass is 32.1. The highest BCUT2D eigenvalue weighted by Gasteiger charge is 2.23. The highest BCUT2D eigenvalue weighted by molar-refractivity contribution is 7.05. The van der Waals surface area contributed by atoms with Crippen LogP contribution in [-0.2, 0) is 11.2 Å². The van der Waals surface area contributed by atoms with Gasteiger partial charge in [0, 0.05) is 6.42 Å². The number of aryl methyl sites for hydroxylation is 1. The van der Waals surface area contributed by atoms with E-state index in [0.717, 1.165) is 29.8 Å². The Morgan fingerprint density at radius 1 is 1.67 bits per heavy atom. The number of nitrogens with zero attached hydrogens (tertiary/aromatic N) is 2. The van der Waals surface area contributed by atoms with Crippen molar-refractivity contribution in [3.8, 4) is 0 Å². The van der Waals surface area contributed by atoms with Gasteiger partial charge in [0.25, 0.3) is 0 Å². The van der Waals surface area contributed by atoms with E-state index >= 15 is 0 Å². The maximum absolute atomic E-state index is 10.1. The zero-order chi connectivity index (χ0) is 10.7. The topological polar surface area (TPSA) is 55.2 Å². The van der Waals surface area contributed by atoms with E-state index in [1.807, 2.05) is 6.08 Å².